The molecule has 1 aliphatic heterocycles. The van der Waals surface area contributed by atoms with Gasteiger partial charge in [-0.15, -0.1) is 0 Å². The van der Waals surface area contributed by atoms with Crippen LogP contribution in [0.25, 0.3) is 0 Å². The van der Waals surface area contributed by atoms with Crippen LogP contribution in [0, 0.1) is 5.92 Å². The minimum absolute atomic E-state index is 0.0109. The van der Waals surface area contributed by atoms with Gasteiger partial charge in [0, 0.05) is 18.6 Å². The molecule has 1 aliphatic carbocycles. The van der Waals surface area contributed by atoms with Gasteiger partial charge in [-0.2, -0.15) is 0 Å². The fourth-order valence-electron chi connectivity index (χ4n) is 4.00. The fourth-order valence-corrected chi connectivity index (χ4v) is 4.00. The van der Waals surface area contributed by atoms with E-state index in [2.05, 4.69) is 18.7 Å². The zero-order valence-electron chi connectivity index (χ0n) is 13.8. The maximum Gasteiger partial charge on any atom is 0.308 e. The summed E-state index contributed by atoms with van der Waals surface area (Å²) in [5, 5.41) is 10.9. The maximum atomic E-state index is 11.8. The Morgan fingerprint density at radius 1 is 1.24 bits per heavy atom. The summed E-state index contributed by atoms with van der Waals surface area (Å²) in [6.07, 6.45) is 6.60. The molecule has 2 atom stereocenters. The van der Waals surface area contributed by atoms with Crippen molar-refractivity contribution in [1.29, 1.82) is 0 Å². The van der Waals surface area contributed by atoms with Gasteiger partial charge < -0.3 is 9.84 Å². The number of carbonyl (C=O) groups excluding carboxylic acids is 1. The van der Waals surface area contributed by atoms with E-state index < -0.39 is 5.60 Å². The smallest absolute Gasteiger partial charge is 0.308 e. The van der Waals surface area contributed by atoms with E-state index in [1.807, 2.05) is 6.92 Å². The number of aliphatic hydroxyl groups is 1. The van der Waals surface area contributed by atoms with Gasteiger partial charge in [0.2, 0.25) is 0 Å². The average molecular weight is 297 g/mol. The molecule has 0 spiro atoms. The molecule has 2 unspecified atom stereocenters. The quantitative estimate of drug-likeness (QED) is 0.793. The molecule has 0 bridgehead atoms. The summed E-state index contributed by atoms with van der Waals surface area (Å²) < 4.78 is 5.10. The van der Waals surface area contributed by atoms with Crippen molar-refractivity contribution in [2.24, 2.45) is 5.92 Å². The second-order valence-corrected chi connectivity index (χ2v) is 6.91. The highest BCUT2D eigenvalue weighted by molar-refractivity contribution is 5.72. The lowest BCUT2D eigenvalue weighted by atomic mass is 9.78. The first kappa shape index (κ1) is 16.8. The van der Waals surface area contributed by atoms with Crippen molar-refractivity contribution in [3.05, 3.63) is 0 Å². The van der Waals surface area contributed by atoms with Crippen LogP contribution in [-0.2, 0) is 9.53 Å². The van der Waals surface area contributed by atoms with E-state index in [1.54, 1.807) is 0 Å². The van der Waals surface area contributed by atoms with E-state index in [0.717, 1.165) is 38.6 Å². The second kappa shape index (κ2) is 7.10. The molecule has 21 heavy (non-hydrogen) atoms. The standard InChI is InChI=1S/C17H31NO3/c1-4-15-7-6-13(3)18(15)12-17(20)10-8-14(9-11-17)16(19)21-5-2/h13-15,20H,4-12H2,1-3H3. The second-order valence-electron chi connectivity index (χ2n) is 6.91. The number of hydrogen-bond donors (Lipinski definition) is 1. The zero-order chi connectivity index (χ0) is 15.5. The molecule has 4 heteroatoms. The Balaban J connectivity index is 1.88. The predicted octanol–water partition coefficient (Wildman–Crippen LogP) is 2.73. The average Bonchev–Trinajstić information content (AvgIpc) is 2.80. The van der Waals surface area contributed by atoms with Gasteiger partial charge in [0.25, 0.3) is 0 Å². The molecule has 0 amide bonds. The van der Waals surface area contributed by atoms with Crippen molar-refractivity contribution in [3.8, 4) is 0 Å². The van der Waals surface area contributed by atoms with Crippen LogP contribution in [0.2, 0.25) is 0 Å². The van der Waals surface area contributed by atoms with Gasteiger partial charge in [0.05, 0.1) is 18.1 Å². The van der Waals surface area contributed by atoms with Crippen LogP contribution in [0.1, 0.15) is 65.7 Å². The van der Waals surface area contributed by atoms with Gasteiger partial charge in [0.1, 0.15) is 0 Å². The Morgan fingerprint density at radius 2 is 1.90 bits per heavy atom. The Hall–Kier alpha value is -0.610. The first-order valence-electron chi connectivity index (χ1n) is 8.64. The van der Waals surface area contributed by atoms with Gasteiger partial charge in [-0.25, -0.2) is 0 Å². The summed E-state index contributed by atoms with van der Waals surface area (Å²) in [5.41, 5.74) is -0.616. The lowest BCUT2D eigenvalue weighted by molar-refractivity contribution is -0.151. The van der Waals surface area contributed by atoms with Crippen molar-refractivity contribution in [2.75, 3.05) is 13.2 Å². The summed E-state index contributed by atoms with van der Waals surface area (Å²) in [6.45, 7) is 7.56. The topological polar surface area (TPSA) is 49.8 Å². The number of esters is 1. The van der Waals surface area contributed by atoms with E-state index >= 15 is 0 Å². The van der Waals surface area contributed by atoms with Crippen molar-refractivity contribution >= 4 is 5.97 Å². The van der Waals surface area contributed by atoms with Gasteiger partial charge >= 0.3 is 5.97 Å². The monoisotopic (exact) mass is 297 g/mol. The highest BCUT2D eigenvalue weighted by Crippen LogP contribution is 2.36. The van der Waals surface area contributed by atoms with E-state index in [-0.39, 0.29) is 11.9 Å². The molecule has 0 radical (unpaired) electrons. The summed E-state index contributed by atoms with van der Waals surface area (Å²) >= 11 is 0. The summed E-state index contributed by atoms with van der Waals surface area (Å²) in [5.74, 6) is -0.0938. The number of β-amino-alcohol motifs (C(OH)–C–C–N with tert-alkyl or cyclic N) is 1. The highest BCUT2D eigenvalue weighted by Gasteiger charge is 2.41. The number of likely N-dealkylation sites (tertiary alicyclic amines) is 1. The van der Waals surface area contributed by atoms with Gasteiger partial charge in [0.15, 0.2) is 0 Å². The lowest BCUT2D eigenvalue weighted by Crippen LogP contribution is -2.49. The van der Waals surface area contributed by atoms with E-state index in [0.29, 0.717) is 18.7 Å². The van der Waals surface area contributed by atoms with Crippen LogP contribution in [-0.4, -0.2) is 46.8 Å². The first-order chi connectivity index (χ1) is 9.99. The SMILES string of the molecule is CCOC(=O)C1CCC(O)(CN2C(C)CCC2CC)CC1. The molecule has 1 saturated carbocycles. The molecule has 4 nitrogen and oxygen atoms in total. The van der Waals surface area contributed by atoms with E-state index in [1.165, 1.54) is 12.8 Å². The van der Waals surface area contributed by atoms with E-state index in [9.17, 15) is 9.90 Å². The normalized spacial score (nSPS) is 37.6. The number of nitrogens with zero attached hydrogens (tertiary/aromatic N) is 1. The molecule has 122 valence electrons. The molecule has 1 N–H and O–H groups in total. The Kier molecular flexibility index (Phi) is 5.67. The largest absolute Gasteiger partial charge is 0.466 e. The molecular weight excluding hydrogens is 266 g/mol. The molecular formula is C17H31NO3. The molecule has 1 heterocycles. The third kappa shape index (κ3) is 3.98. The Morgan fingerprint density at radius 3 is 2.48 bits per heavy atom. The van der Waals surface area contributed by atoms with Crippen molar-refractivity contribution in [1.82, 2.24) is 4.90 Å². The minimum atomic E-state index is -0.616. The van der Waals surface area contributed by atoms with Crippen LogP contribution < -0.4 is 0 Å². The molecule has 0 aromatic carbocycles. The maximum absolute atomic E-state index is 11.8. The molecule has 0 aromatic rings. The van der Waals surface area contributed by atoms with Gasteiger partial charge in [-0.3, -0.25) is 9.69 Å². The highest BCUT2D eigenvalue weighted by atomic mass is 16.5. The van der Waals surface area contributed by atoms with Crippen LogP contribution >= 0.6 is 0 Å². The van der Waals surface area contributed by atoms with Crippen molar-refractivity contribution < 1.29 is 14.6 Å². The molecule has 0 aromatic heterocycles. The minimum Gasteiger partial charge on any atom is -0.466 e. The number of rotatable bonds is 5. The van der Waals surface area contributed by atoms with Gasteiger partial charge in [-0.05, 0) is 58.8 Å². The fraction of sp³-hybridized carbons (Fsp3) is 0.941. The third-order valence-corrected chi connectivity index (χ3v) is 5.44. The molecule has 1 saturated heterocycles. The van der Waals surface area contributed by atoms with Crippen molar-refractivity contribution in [3.63, 3.8) is 0 Å². The summed E-state index contributed by atoms with van der Waals surface area (Å²) in [6, 6.07) is 1.19. The molecule has 2 aliphatic rings. The third-order valence-electron chi connectivity index (χ3n) is 5.44. The Labute approximate surface area is 128 Å². The first-order valence-corrected chi connectivity index (χ1v) is 8.64. The molecule has 2 rings (SSSR count). The Bertz CT molecular complexity index is 350. The molecule has 2 fully saturated rings. The number of carbonyl (C=O) groups is 1. The number of hydrogen-bond acceptors (Lipinski definition) is 4. The zero-order valence-corrected chi connectivity index (χ0v) is 13.8. The summed E-state index contributed by atoms with van der Waals surface area (Å²) in [7, 11) is 0. The van der Waals surface area contributed by atoms with Crippen LogP contribution in [0.3, 0.4) is 0 Å². The lowest BCUT2D eigenvalue weighted by Gasteiger charge is -2.40. The van der Waals surface area contributed by atoms with E-state index in [4.69, 9.17) is 4.74 Å². The predicted molar refractivity (Wildman–Crippen MR) is 83.0 cm³/mol. The number of ether oxygens (including phenoxy) is 1. The van der Waals surface area contributed by atoms with Crippen LogP contribution in [0.15, 0.2) is 0 Å². The van der Waals surface area contributed by atoms with Crippen LogP contribution in [0.4, 0.5) is 0 Å². The van der Waals surface area contributed by atoms with Crippen molar-refractivity contribution in [2.45, 2.75) is 83.4 Å². The van der Waals surface area contributed by atoms with Crippen LogP contribution in [0.5, 0.6) is 0 Å². The van der Waals surface area contributed by atoms with Gasteiger partial charge in [-0.1, -0.05) is 6.92 Å². The summed E-state index contributed by atoms with van der Waals surface area (Å²) in [4.78, 5) is 14.3.